The van der Waals surface area contributed by atoms with Crippen LogP contribution in [0.1, 0.15) is 43.6 Å². The topological polar surface area (TPSA) is 32.3 Å². The maximum absolute atomic E-state index is 12.6. The summed E-state index contributed by atoms with van der Waals surface area (Å²) in [7, 11) is 1.99. The molecule has 0 aromatic heterocycles. The molecule has 3 nitrogen and oxygen atoms in total. The van der Waals surface area contributed by atoms with Crippen molar-refractivity contribution in [2.45, 2.75) is 44.1 Å². The van der Waals surface area contributed by atoms with Gasteiger partial charge in [-0.3, -0.25) is 4.79 Å². The van der Waals surface area contributed by atoms with Gasteiger partial charge in [-0.25, -0.2) is 0 Å². The molecule has 1 aromatic carbocycles. The Morgan fingerprint density at radius 1 is 1.10 bits per heavy atom. The van der Waals surface area contributed by atoms with Gasteiger partial charge in [-0.15, -0.1) is 0 Å². The Morgan fingerprint density at radius 2 is 1.81 bits per heavy atom. The van der Waals surface area contributed by atoms with Crippen molar-refractivity contribution >= 4 is 5.91 Å². The second kappa shape index (κ2) is 6.61. The van der Waals surface area contributed by atoms with E-state index in [9.17, 15) is 4.79 Å². The van der Waals surface area contributed by atoms with Gasteiger partial charge in [-0.1, -0.05) is 30.3 Å². The van der Waals surface area contributed by atoms with Crippen LogP contribution in [-0.4, -0.2) is 37.0 Å². The molecule has 1 saturated carbocycles. The molecule has 1 unspecified atom stereocenters. The molecule has 3 heteroatoms. The Labute approximate surface area is 127 Å². The van der Waals surface area contributed by atoms with E-state index in [-0.39, 0.29) is 5.92 Å². The summed E-state index contributed by atoms with van der Waals surface area (Å²) in [6, 6.07) is 11.2. The van der Waals surface area contributed by atoms with Gasteiger partial charge in [0.2, 0.25) is 5.91 Å². The van der Waals surface area contributed by atoms with Gasteiger partial charge in [0, 0.05) is 25.6 Å². The van der Waals surface area contributed by atoms with Crippen molar-refractivity contribution in [3.8, 4) is 0 Å². The van der Waals surface area contributed by atoms with Gasteiger partial charge >= 0.3 is 0 Å². The van der Waals surface area contributed by atoms with Gasteiger partial charge in [0.15, 0.2) is 0 Å². The van der Waals surface area contributed by atoms with Crippen LogP contribution in [0.25, 0.3) is 0 Å². The number of carbonyl (C=O) groups excluding carboxylic acids is 1. The highest BCUT2D eigenvalue weighted by Crippen LogP contribution is 2.36. The summed E-state index contributed by atoms with van der Waals surface area (Å²) >= 11 is 0. The fourth-order valence-corrected chi connectivity index (χ4v) is 3.84. The van der Waals surface area contributed by atoms with E-state index in [0.29, 0.717) is 17.9 Å². The molecule has 1 amide bonds. The van der Waals surface area contributed by atoms with Crippen molar-refractivity contribution in [3.05, 3.63) is 35.9 Å². The van der Waals surface area contributed by atoms with E-state index in [1.54, 1.807) is 0 Å². The van der Waals surface area contributed by atoms with Crippen LogP contribution in [0, 0.1) is 5.92 Å². The first-order valence-corrected chi connectivity index (χ1v) is 8.28. The molecule has 1 heterocycles. The average molecular weight is 286 g/mol. The highest BCUT2D eigenvalue weighted by molar-refractivity contribution is 5.79. The summed E-state index contributed by atoms with van der Waals surface area (Å²) in [6.07, 6.45) is 5.49. The van der Waals surface area contributed by atoms with Gasteiger partial charge < -0.3 is 10.2 Å². The second-order valence-corrected chi connectivity index (χ2v) is 6.55. The summed E-state index contributed by atoms with van der Waals surface area (Å²) in [5, 5.41) is 3.35. The van der Waals surface area contributed by atoms with Gasteiger partial charge in [-0.2, -0.15) is 0 Å². The molecular weight excluding hydrogens is 260 g/mol. The number of carbonyl (C=O) groups is 1. The van der Waals surface area contributed by atoms with Gasteiger partial charge in [0.1, 0.15) is 0 Å². The summed E-state index contributed by atoms with van der Waals surface area (Å²) in [4.78, 5) is 14.6. The second-order valence-electron chi connectivity index (χ2n) is 6.55. The Hall–Kier alpha value is -1.35. The number of benzene rings is 1. The fraction of sp³-hybridized carbons (Fsp3) is 0.611. The molecule has 0 bridgehead atoms. The number of likely N-dealkylation sites (N-methyl/N-ethyl adjacent to an activating group) is 1. The Morgan fingerprint density at radius 3 is 2.43 bits per heavy atom. The maximum Gasteiger partial charge on any atom is 0.225 e. The Bertz CT molecular complexity index is 459. The van der Waals surface area contributed by atoms with Crippen molar-refractivity contribution in [2.75, 3.05) is 20.1 Å². The lowest BCUT2D eigenvalue weighted by atomic mass is 9.78. The lowest BCUT2D eigenvalue weighted by molar-refractivity contribution is -0.137. The molecule has 114 valence electrons. The molecular formula is C18H26N2O. The van der Waals surface area contributed by atoms with Crippen LogP contribution in [0.4, 0.5) is 0 Å². The van der Waals surface area contributed by atoms with Crippen LogP contribution in [0.15, 0.2) is 30.3 Å². The Kier molecular flexibility index (Phi) is 4.59. The number of nitrogens with one attached hydrogen (secondary N) is 1. The average Bonchev–Trinajstić information content (AvgIpc) is 3.09. The van der Waals surface area contributed by atoms with Crippen LogP contribution in [0.5, 0.6) is 0 Å². The van der Waals surface area contributed by atoms with Crippen LogP contribution in [-0.2, 0) is 4.79 Å². The third-order valence-electron chi connectivity index (χ3n) is 5.28. The lowest BCUT2D eigenvalue weighted by Gasteiger charge is -2.33. The molecule has 0 radical (unpaired) electrons. The minimum absolute atomic E-state index is 0.246. The first-order chi connectivity index (χ1) is 10.3. The van der Waals surface area contributed by atoms with E-state index in [1.165, 1.54) is 5.56 Å². The van der Waals surface area contributed by atoms with E-state index < -0.39 is 0 Å². The van der Waals surface area contributed by atoms with E-state index in [1.807, 2.05) is 11.9 Å². The lowest BCUT2D eigenvalue weighted by Crippen LogP contribution is -2.42. The summed E-state index contributed by atoms with van der Waals surface area (Å²) < 4.78 is 0. The normalized spacial score (nSPS) is 29.3. The molecule has 1 aliphatic heterocycles. The largest absolute Gasteiger partial charge is 0.341 e. The molecule has 1 aromatic rings. The minimum Gasteiger partial charge on any atom is -0.341 e. The van der Waals surface area contributed by atoms with Crippen LogP contribution < -0.4 is 5.32 Å². The predicted molar refractivity (Wildman–Crippen MR) is 85.2 cm³/mol. The molecule has 1 aliphatic carbocycles. The number of amides is 1. The summed E-state index contributed by atoms with van der Waals surface area (Å²) in [5.41, 5.74) is 1.44. The SMILES string of the molecule is CN(C(=O)C1CCC(c2ccccc2)CC1)C1CCNC1. The molecule has 2 fully saturated rings. The number of nitrogens with zero attached hydrogens (tertiary/aromatic N) is 1. The summed E-state index contributed by atoms with van der Waals surface area (Å²) in [5.74, 6) is 1.26. The first-order valence-electron chi connectivity index (χ1n) is 8.28. The van der Waals surface area contributed by atoms with Gasteiger partial charge in [0.25, 0.3) is 0 Å². The predicted octanol–water partition coefficient (Wildman–Crippen LogP) is 2.78. The monoisotopic (exact) mass is 286 g/mol. The van der Waals surface area contributed by atoms with E-state index in [4.69, 9.17) is 0 Å². The molecule has 1 saturated heterocycles. The molecule has 3 rings (SSSR count). The minimum atomic E-state index is 0.246. The quantitative estimate of drug-likeness (QED) is 0.926. The van der Waals surface area contributed by atoms with E-state index in [0.717, 1.165) is 45.2 Å². The molecule has 1 atom stereocenters. The zero-order valence-electron chi connectivity index (χ0n) is 12.9. The molecule has 1 N–H and O–H groups in total. The van der Waals surface area contributed by atoms with E-state index >= 15 is 0 Å². The van der Waals surface area contributed by atoms with E-state index in [2.05, 4.69) is 35.6 Å². The third kappa shape index (κ3) is 3.29. The summed E-state index contributed by atoms with van der Waals surface area (Å²) in [6.45, 7) is 2.00. The molecule has 21 heavy (non-hydrogen) atoms. The van der Waals surface area contributed by atoms with Crippen LogP contribution >= 0.6 is 0 Å². The molecule has 0 spiro atoms. The zero-order chi connectivity index (χ0) is 14.7. The van der Waals surface area contributed by atoms with Crippen LogP contribution in [0.2, 0.25) is 0 Å². The van der Waals surface area contributed by atoms with Crippen LogP contribution in [0.3, 0.4) is 0 Å². The standard InChI is InChI=1S/C18H26N2O/c1-20(17-11-12-19-13-17)18(21)16-9-7-15(8-10-16)14-5-3-2-4-6-14/h2-6,15-17,19H,7-13H2,1H3. The Balaban J connectivity index is 1.54. The van der Waals surface area contributed by atoms with Crippen molar-refractivity contribution < 1.29 is 4.79 Å². The fourth-order valence-electron chi connectivity index (χ4n) is 3.84. The number of rotatable bonds is 3. The van der Waals surface area contributed by atoms with Gasteiger partial charge in [-0.05, 0) is 50.1 Å². The zero-order valence-corrected chi connectivity index (χ0v) is 12.9. The number of hydrogen-bond acceptors (Lipinski definition) is 2. The smallest absolute Gasteiger partial charge is 0.225 e. The van der Waals surface area contributed by atoms with Crippen molar-refractivity contribution in [1.29, 1.82) is 0 Å². The highest BCUT2D eigenvalue weighted by Gasteiger charge is 2.32. The molecule has 2 aliphatic rings. The highest BCUT2D eigenvalue weighted by atomic mass is 16.2. The third-order valence-corrected chi connectivity index (χ3v) is 5.28. The van der Waals surface area contributed by atoms with Crippen molar-refractivity contribution in [3.63, 3.8) is 0 Å². The van der Waals surface area contributed by atoms with Crippen molar-refractivity contribution in [2.24, 2.45) is 5.92 Å². The van der Waals surface area contributed by atoms with Crippen molar-refractivity contribution in [1.82, 2.24) is 10.2 Å². The maximum atomic E-state index is 12.6. The number of hydrogen-bond donors (Lipinski definition) is 1. The van der Waals surface area contributed by atoms with Gasteiger partial charge in [0.05, 0.1) is 0 Å². The first kappa shape index (κ1) is 14.6.